The zero-order valence-electron chi connectivity index (χ0n) is 30.3. The van der Waals surface area contributed by atoms with E-state index >= 15 is 4.39 Å². The Labute approximate surface area is 314 Å². The van der Waals surface area contributed by atoms with Crippen LogP contribution < -0.4 is 20.9 Å². The number of imide groups is 1. The molecule has 0 aliphatic carbocycles. The molecule has 1 unspecified atom stereocenters. The van der Waals surface area contributed by atoms with E-state index in [1.165, 1.54) is 29.1 Å². The Morgan fingerprint density at radius 2 is 1.73 bits per heavy atom. The number of pyridine rings is 2. The molecule has 3 saturated heterocycles. The highest BCUT2D eigenvalue weighted by atomic mass is 19.4. The number of piperidine rings is 3. The lowest BCUT2D eigenvalue weighted by Gasteiger charge is -2.36. The van der Waals surface area contributed by atoms with Crippen LogP contribution in [0, 0.1) is 11.7 Å². The molecule has 7 rings (SSSR count). The maximum absolute atomic E-state index is 15.2. The Morgan fingerprint density at radius 3 is 2.44 bits per heavy atom. The molecule has 3 aliphatic rings. The molecule has 55 heavy (non-hydrogen) atoms. The first kappa shape index (κ1) is 38.0. The van der Waals surface area contributed by atoms with Gasteiger partial charge in [-0.25, -0.2) is 4.39 Å². The SMILES string of the molecule is Cn1cc(-c2ccc(CC3CCN(CC(=O)N4CCC(c5ccc(NC6CCC(=O)NC6=O)cc5F)CC4)CC3)c(OC(F)(F)F)c2)c2ccncc2c1=O. The predicted octanol–water partition coefficient (Wildman–Crippen LogP) is 5.52. The van der Waals surface area contributed by atoms with Crippen molar-refractivity contribution in [2.24, 2.45) is 13.0 Å². The Balaban J connectivity index is 0.918. The van der Waals surface area contributed by atoms with Gasteiger partial charge in [-0.15, -0.1) is 13.2 Å². The lowest BCUT2D eigenvalue weighted by atomic mass is 9.88. The van der Waals surface area contributed by atoms with Crippen LogP contribution in [0.2, 0.25) is 0 Å². The smallest absolute Gasteiger partial charge is 0.405 e. The summed E-state index contributed by atoms with van der Waals surface area (Å²) in [5.74, 6) is -1.36. The molecule has 2 aromatic carbocycles. The molecule has 0 bridgehead atoms. The van der Waals surface area contributed by atoms with Crippen LogP contribution in [-0.2, 0) is 27.9 Å². The topological polar surface area (TPSA) is 126 Å². The van der Waals surface area contributed by atoms with E-state index in [-0.39, 0.29) is 53.7 Å². The van der Waals surface area contributed by atoms with Crippen LogP contribution in [0.4, 0.5) is 23.2 Å². The third-order valence-corrected chi connectivity index (χ3v) is 11.0. The van der Waals surface area contributed by atoms with Crippen molar-refractivity contribution in [2.45, 2.75) is 63.3 Å². The molecule has 3 amide bonds. The lowest BCUT2D eigenvalue weighted by Crippen LogP contribution is -2.47. The summed E-state index contributed by atoms with van der Waals surface area (Å²) in [4.78, 5) is 57.3. The summed E-state index contributed by atoms with van der Waals surface area (Å²) in [5, 5.41) is 6.23. The van der Waals surface area contributed by atoms with E-state index < -0.39 is 18.3 Å². The number of ether oxygens (including phenoxy) is 1. The molecule has 15 heteroatoms. The number of alkyl halides is 3. The zero-order valence-corrected chi connectivity index (χ0v) is 30.3. The van der Waals surface area contributed by atoms with Crippen molar-refractivity contribution in [3.05, 3.63) is 88.4 Å². The molecule has 11 nitrogen and oxygen atoms in total. The van der Waals surface area contributed by atoms with E-state index in [9.17, 15) is 32.3 Å². The van der Waals surface area contributed by atoms with E-state index in [0.29, 0.717) is 103 Å². The summed E-state index contributed by atoms with van der Waals surface area (Å²) >= 11 is 0. The van der Waals surface area contributed by atoms with Crippen molar-refractivity contribution in [2.75, 3.05) is 38.0 Å². The first-order valence-electron chi connectivity index (χ1n) is 18.5. The van der Waals surface area contributed by atoms with Gasteiger partial charge in [0.05, 0.1) is 11.9 Å². The Morgan fingerprint density at radius 1 is 0.964 bits per heavy atom. The highest BCUT2D eigenvalue weighted by Crippen LogP contribution is 2.36. The number of aryl methyl sites for hydroxylation is 1. The zero-order chi connectivity index (χ0) is 38.9. The summed E-state index contributed by atoms with van der Waals surface area (Å²) in [6.07, 6.45) is 3.26. The maximum Gasteiger partial charge on any atom is 0.573 e. The number of hydrogen-bond donors (Lipinski definition) is 2. The van der Waals surface area contributed by atoms with Crippen LogP contribution in [-0.4, -0.2) is 82.2 Å². The molecule has 4 aromatic rings. The molecule has 0 saturated carbocycles. The molecule has 3 aliphatic heterocycles. The molecule has 1 atom stereocenters. The van der Waals surface area contributed by atoms with Crippen LogP contribution in [0.3, 0.4) is 0 Å². The highest BCUT2D eigenvalue weighted by molar-refractivity contribution is 6.01. The molecule has 290 valence electrons. The van der Waals surface area contributed by atoms with Crippen LogP contribution in [0.1, 0.15) is 55.6 Å². The van der Waals surface area contributed by atoms with Crippen molar-refractivity contribution in [3.63, 3.8) is 0 Å². The average molecular weight is 763 g/mol. The number of halogens is 4. The van der Waals surface area contributed by atoms with Crippen LogP contribution in [0.25, 0.3) is 21.9 Å². The quantitative estimate of drug-likeness (QED) is 0.169. The summed E-state index contributed by atoms with van der Waals surface area (Å²) in [7, 11) is 1.58. The normalized spacial score (nSPS) is 19.1. The Kier molecular flexibility index (Phi) is 10.9. The minimum absolute atomic E-state index is 0.000621. The number of benzene rings is 2. The molecule has 0 radical (unpaired) electrons. The van der Waals surface area contributed by atoms with Crippen molar-refractivity contribution in [1.29, 1.82) is 0 Å². The highest BCUT2D eigenvalue weighted by Gasteiger charge is 2.34. The average Bonchev–Trinajstić information content (AvgIpc) is 3.15. The number of amides is 3. The fourth-order valence-corrected chi connectivity index (χ4v) is 8.02. The van der Waals surface area contributed by atoms with Gasteiger partial charge in [-0.2, -0.15) is 0 Å². The summed E-state index contributed by atoms with van der Waals surface area (Å²) in [5.41, 5.74) is 2.28. The number of likely N-dealkylation sites (tertiary alicyclic amines) is 2. The van der Waals surface area contributed by atoms with Gasteiger partial charge >= 0.3 is 6.36 Å². The molecular formula is C40H42F4N6O5. The van der Waals surface area contributed by atoms with Crippen LogP contribution in [0.5, 0.6) is 5.75 Å². The monoisotopic (exact) mass is 762 g/mol. The molecule has 2 N–H and O–H groups in total. The van der Waals surface area contributed by atoms with Gasteiger partial charge in [0, 0.05) is 56.4 Å². The van der Waals surface area contributed by atoms with Gasteiger partial charge in [-0.3, -0.25) is 34.4 Å². The molecular weight excluding hydrogens is 720 g/mol. The van der Waals surface area contributed by atoms with Gasteiger partial charge in [0.15, 0.2) is 0 Å². The third-order valence-electron chi connectivity index (χ3n) is 11.0. The number of nitrogens with one attached hydrogen (secondary N) is 2. The van der Waals surface area contributed by atoms with E-state index in [1.54, 1.807) is 43.6 Å². The number of carbonyl (C=O) groups is 3. The fraction of sp³-hybridized carbons (Fsp3) is 0.425. The molecule has 5 heterocycles. The summed E-state index contributed by atoms with van der Waals surface area (Å²) in [6.45, 7) is 2.50. The van der Waals surface area contributed by atoms with Gasteiger partial charge in [-0.1, -0.05) is 18.2 Å². The summed E-state index contributed by atoms with van der Waals surface area (Å²) in [6, 6.07) is 10.7. The van der Waals surface area contributed by atoms with Gasteiger partial charge in [0.1, 0.15) is 17.6 Å². The lowest BCUT2D eigenvalue weighted by molar-refractivity contribution is -0.274. The van der Waals surface area contributed by atoms with Crippen molar-refractivity contribution < 1.29 is 36.7 Å². The Bertz CT molecular complexity index is 2160. The number of anilines is 1. The van der Waals surface area contributed by atoms with Gasteiger partial charge in [-0.05, 0) is 110 Å². The third kappa shape index (κ3) is 8.82. The first-order valence-corrected chi connectivity index (χ1v) is 18.5. The molecule has 2 aromatic heterocycles. The number of hydrogen-bond acceptors (Lipinski definition) is 8. The van der Waals surface area contributed by atoms with E-state index in [1.807, 2.05) is 4.90 Å². The van der Waals surface area contributed by atoms with E-state index in [4.69, 9.17) is 0 Å². The van der Waals surface area contributed by atoms with E-state index in [0.717, 1.165) is 0 Å². The molecule has 3 fully saturated rings. The number of carbonyl (C=O) groups excluding carboxylic acids is 3. The minimum Gasteiger partial charge on any atom is -0.405 e. The van der Waals surface area contributed by atoms with Crippen molar-refractivity contribution in [3.8, 4) is 16.9 Å². The molecule has 0 spiro atoms. The van der Waals surface area contributed by atoms with Crippen molar-refractivity contribution in [1.82, 2.24) is 24.7 Å². The summed E-state index contributed by atoms with van der Waals surface area (Å²) < 4.78 is 61.9. The maximum atomic E-state index is 15.2. The standard InChI is InChI=1S/C40H42F4N6O5/c1-48-22-32(30-8-13-45-21-31(30)39(48)54)26-2-3-27(35(19-26)55-40(42,43)44)18-24-9-14-49(15-10-24)23-37(52)50-16-11-25(12-17-50)29-5-4-28(20-33(29)41)46-34-6-7-36(51)47-38(34)53/h2-5,8,13,19-22,24-25,34,46H,6-7,9-12,14-18,23H2,1H3,(H,47,51,53). The van der Waals surface area contributed by atoms with Gasteiger partial charge in [0.25, 0.3) is 5.56 Å². The first-order chi connectivity index (χ1) is 26.3. The minimum atomic E-state index is -4.89. The second kappa shape index (κ2) is 15.8. The van der Waals surface area contributed by atoms with Gasteiger partial charge in [0.2, 0.25) is 17.7 Å². The predicted molar refractivity (Wildman–Crippen MR) is 197 cm³/mol. The van der Waals surface area contributed by atoms with Crippen LogP contribution >= 0.6 is 0 Å². The fourth-order valence-electron chi connectivity index (χ4n) is 8.02. The van der Waals surface area contributed by atoms with Crippen molar-refractivity contribution >= 4 is 34.2 Å². The second-order valence-electron chi connectivity index (χ2n) is 14.7. The van der Waals surface area contributed by atoms with Crippen LogP contribution in [0.15, 0.2) is 65.8 Å². The Hall–Kier alpha value is -5.31. The second-order valence-corrected chi connectivity index (χ2v) is 14.7. The van der Waals surface area contributed by atoms with E-state index in [2.05, 4.69) is 25.3 Å². The number of fused-ring (bicyclic) bond motifs is 1. The number of aromatic nitrogens is 2. The number of nitrogens with zero attached hydrogens (tertiary/aromatic N) is 4. The van der Waals surface area contributed by atoms with Gasteiger partial charge < -0.3 is 19.5 Å². The largest absolute Gasteiger partial charge is 0.573 e. The number of rotatable bonds is 9.